The molecular weight excluding hydrogens is 302 g/mol. The minimum Gasteiger partial charge on any atom is -0.294 e. The van der Waals surface area contributed by atoms with E-state index in [1.165, 1.54) is 0 Å². The molecule has 0 aliphatic heterocycles. The molecule has 0 unspecified atom stereocenters. The fourth-order valence-corrected chi connectivity index (χ4v) is 3.14. The van der Waals surface area contributed by atoms with E-state index in [9.17, 15) is 8.78 Å². The summed E-state index contributed by atoms with van der Waals surface area (Å²) < 4.78 is 29.0. The molecule has 0 radical (unpaired) electrons. The van der Waals surface area contributed by atoms with E-state index in [0.717, 1.165) is 15.9 Å². The molecule has 1 aliphatic rings. The second-order valence-corrected chi connectivity index (χ2v) is 5.56. The predicted octanol–water partition coefficient (Wildman–Crippen LogP) is 4.39. The summed E-state index contributed by atoms with van der Waals surface area (Å²) in [5.41, 5.74) is 1.96. The number of pyridine rings is 1. The van der Waals surface area contributed by atoms with Gasteiger partial charge in [-0.25, -0.2) is 13.8 Å². The average Bonchev–Trinajstić information content (AvgIpc) is 2.68. The lowest BCUT2D eigenvalue weighted by molar-refractivity contribution is -0.0383. The highest BCUT2D eigenvalue weighted by molar-refractivity contribution is 9.10. The molecule has 3 rings (SSSR count). The zero-order chi connectivity index (χ0) is 12.8. The number of halogens is 3. The number of fused-ring (bicyclic) bond motifs is 1. The van der Waals surface area contributed by atoms with E-state index in [2.05, 4.69) is 20.9 Å². The van der Waals surface area contributed by atoms with Crippen LogP contribution < -0.4 is 0 Å². The minimum atomic E-state index is -2.48. The molecule has 1 saturated carbocycles. The summed E-state index contributed by atoms with van der Waals surface area (Å²) in [6.07, 6.45) is 2.90. The number of nitrogens with zero attached hydrogens (tertiary/aromatic N) is 2. The van der Waals surface area contributed by atoms with Crippen LogP contribution in [0.3, 0.4) is 0 Å². The first-order valence-corrected chi connectivity index (χ1v) is 6.86. The predicted molar refractivity (Wildman–Crippen MR) is 69.0 cm³/mol. The number of hydrogen-bond acceptors (Lipinski definition) is 1. The second-order valence-electron chi connectivity index (χ2n) is 4.85. The van der Waals surface area contributed by atoms with E-state index < -0.39 is 5.92 Å². The lowest BCUT2D eigenvalue weighted by Gasteiger charge is -2.27. The molecule has 2 heterocycles. The van der Waals surface area contributed by atoms with Gasteiger partial charge in [-0.05, 0) is 40.9 Å². The van der Waals surface area contributed by atoms with Gasteiger partial charge in [0.1, 0.15) is 0 Å². The lowest BCUT2D eigenvalue weighted by atomic mass is 9.84. The molecule has 2 aromatic heterocycles. The van der Waals surface area contributed by atoms with Crippen molar-refractivity contribution in [1.82, 2.24) is 9.38 Å². The van der Waals surface area contributed by atoms with Crippen LogP contribution in [0.25, 0.3) is 5.52 Å². The number of rotatable bonds is 1. The summed E-state index contributed by atoms with van der Waals surface area (Å²) >= 11 is 3.41. The maximum absolute atomic E-state index is 13.2. The number of aromatic nitrogens is 2. The van der Waals surface area contributed by atoms with E-state index in [1.807, 2.05) is 28.8 Å². The summed E-state index contributed by atoms with van der Waals surface area (Å²) in [4.78, 5) is 4.50. The van der Waals surface area contributed by atoms with Crippen LogP contribution in [0.15, 0.2) is 29.1 Å². The number of imidazole rings is 1. The molecule has 0 aromatic carbocycles. The minimum absolute atomic E-state index is 0.0266. The third-order valence-electron chi connectivity index (χ3n) is 3.64. The van der Waals surface area contributed by atoms with Crippen LogP contribution in [0.4, 0.5) is 8.78 Å². The largest absolute Gasteiger partial charge is 0.294 e. The second kappa shape index (κ2) is 4.30. The SMILES string of the molecule is FC1(F)CCC(c2nc(Br)n3ccccc23)CC1. The third-order valence-corrected chi connectivity index (χ3v) is 4.20. The van der Waals surface area contributed by atoms with Crippen molar-refractivity contribution in [3.63, 3.8) is 0 Å². The summed E-state index contributed by atoms with van der Waals surface area (Å²) in [5.74, 6) is -2.34. The first-order chi connectivity index (χ1) is 8.57. The van der Waals surface area contributed by atoms with Gasteiger partial charge < -0.3 is 0 Å². The van der Waals surface area contributed by atoms with Crippen LogP contribution in [0.5, 0.6) is 0 Å². The van der Waals surface area contributed by atoms with Gasteiger partial charge >= 0.3 is 0 Å². The van der Waals surface area contributed by atoms with Crippen LogP contribution in [0.1, 0.15) is 37.3 Å². The standard InChI is InChI=1S/C13H13BrF2N2/c14-12-17-11(10-3-1-2-8-18(10)12)9-4-6-13(15,16)7-5-9/h1-3,8-9H,4-7H2. The third kappa shape index (κ3) is 2.05. The normalized spacial score (nSPS) is 20.4. The molecule has 96 valence electrons. The Bertz CT molecular complexity index is 569. The first-order valence-electron chi connectivity index (χ1n) is 6.07. The van der Waals surface area contributed by atoms with E-state index >= 15 is 0 Å². The Hall–Kier alpha value is -0.970. The number of hydrogen-bond donors (Lipinski definition) is 0. The highest BCUT2D eigenvalue weighted by atomic mass is 79.9. The summed E-state index contributed by atoms with van der Waals surface area (Å²) in [6, 6.07) is 5.86. The van der Waals surface area contributed by atoms with Crippen molar-refractivity contribution < 1.29 is 8.78 Å². The quantitative estimate of drug-likeness (QED) is 0.763. The van der Waals surface area contributed by atoms with Gasteiger partial charge in [0.15, 0.2) is 4.73 Å². The first kappa shape index (κ1) is 12.1. The van der Waals surface area contributed by atoms with Crippen LogP contribution >= 0.6 is 15.9 Å². The molecule has 0 amide bonds. The summed E-state index contributed by atoms with van der Waals surface area (Å²) in [6.45, 7) is 0. The van der Waals surface area contributed by atoms with Gasteiger partial charge in [0, 0.05) is 25.0 Å². The van der Waals surface area contributed by atoms with Gasteiger partial charge in [0.2, 0.25) is 5.92 Å². The Morgan fingerprint density at radius 2 is 2.00 bits per heavy atom. The molecule has 0 saturated heterocycles. The Morgan fingerprint density at radius 1 is 1.28 bits per heavy atom. The van der Waals surface area contributed by atoms with Crippen molar-refractivity contribution in [2.75, 3.05) is 0 Å². The van der Waals surface area contributed by atoms with Crippen molar-refractivity contribution in [2.45, 2.75) is 37.5 Å². The van der Waals surface area contributed by atoms with Crippen LogP contribution in [0.2, 0.25) is 0 Å². The molecule has 1 aliphatic carbocycles. The molecular formula is C13H13BrF2N2. The van der Waals surface area contributed by atoms with Crippen molar-refractivity contribution in [2.24, 2.45) is 0 Å². The van der Waals surface area contributed by atoms with Crippen LogP contribution in [-0.4, -0.2) is 15.3 Å². The van der Waals surface area contributed by atoms with Crippen molar-refractivity contribution in [1.29, 1.82) is 0 Å². The smallest absolute Gasteiger partial charge is 0.248 e. The molecule has 1 fully saturated rings. The monoisotopic (exact) mass is 314 g/mol. The maximum Gasteiger partial charge on any atom is 0.248 e. The molecule has 18 heavy (non-hydrogen) atoms. The van der Waals surface area contributed by atoms with E-state index in [1.54, 1.807) is 0 Å². The van der Waals surface area contributed by atoms with E-state index in [-0.39, 0.29) is 18.8 Å². The molecule has 0 spiro atoms. The van der Waals surface area contributed by atoms with Crippen molar-refractivity contribution in [3.05, 3.63) is 34.8 Å². The molecule has 5 heteroatoms. The fraction of sp³-hybridized carbons (Fsp3) is 0.462. The van der Waals surface area contributed by atoms with Gasteiger partial charge in [0.05, 0.1) is 11.2 Å². The van der Waals surface area contributed by atoms with Crippen LogP contribution in [-0.2, 0) is 0 Å². The molecule has 0 N–H and O–H groups in total. The lowest BCUT2D eigenvalue weighted by Crippen LogP contribution is -2.23. The highest BCUT2D eigenvalue weighted by Gasteiger charge is 2.36. The van der Waals surface area contributed by atoms with Crippen molar-refractivity contribution in [3.8, 4) is 0 Å². The molecule has 2 aromatic rings. The van der Waals surface area contributed by atoms with Crippen molar-refractivity contribution >= 4 is 21.4 Å². The van der Waals surface area contributed by atoms with Gasteiger partial charge in [-0.1, -0.05) is 6.07 Å². The Kier molecular flexibility index (Phi) is 2.88. The van der Waals surface area contributed by atoms with Crippen LogP contribution in [0, 0.1) is 0 Å². The van der Waals surface area contributed by atoms with Gasteiger partial charge in [-0.3, -0.25) is 4.40 Å². The Labute approximate surface area is 112 Å². The van der Waals surface area contributed by atoms with E-state index in [4.69, 9.17) is 0 Å². The van der Waals surface area contributed by atoms with Gasteiger partial charge in [-0.15, -0.1) is 0 Å². The topological polar surface area (TPSA) is 17.3 Å². The Morgan fingerprint density at radius 3 is 2.72 bits per heavy atom. The zero-order valence-corrected chi connectivity index (χ0v) is 11.3. The Balaban J connectivity index is 1.96. The molecule has 0 atom stereocenters. The highest BCUT2D eigenvalue weighted by Crippen LogP contribution is 2.41. The fourth-order valence-electron chi connectivity index (χ4n) is 2.64. The average molecular weight is 315 g/mol. The summed E-state index contributed by atoms with van der Waals surface area (Å²) in [5, 5.41) is 0. The number of alkyl halides is 2. The summed E-state index contributed by atoms with van der Waals surface area (Å²) in [7, 11) is 0. The van der Waals surface area contributed by atoms with E-state index in [0.29, 0.717) is 12.8 Å². The molecule has 2 nitrogen and oxygen atoms in total. The zero-order valence-electron chi connectivity index (χ0n) is 9.74. The van der Waals surface area contributed by atoms with Gasteiger partial charge in [-0.2, -0.15) is 0 Å². The van der Waals surface area contributed by atoms with Gasteiger partial charge in [0.25, 0.3) is 0 Å². The maximum atomic E-state index is 13.2. The molecule has 0 bridgehead atoms.